The molecule has 1 unspecified atom stereocenters. The van der Waals surface area contributed by atoms with Gasteiger partial charge in [-0.25, -0.2) is 4.98 Å². The molecule has 0 saturated carbocycles. The summed E-state index contributed by atoms with van der Waals surface area (Å²) in [6.45, 7) is 5.96. The summed E-state index contributed by atoms with van der Waals surface area (Å²) in [4.78, 5) is 16.0. The second kappa shape index (κ2) is 5.97. The van der Waals surface area contributed by atoms with Gasteiger partial charge >= 0.3 is 0 Å². The lowest BCUT2D eigenvalue weighted by Crippen LogP contribution is -2.06. The minimum atomic E-state index is 0.173. The van der Waals surface area contributed by atoms with Gasteiger partial charge in [0.15, 0.2) is 5.78 Å². The third-order valence-corrected chi connectivity index (χ3v) is 4.06. The van der Waals surface area contributed by atoms with Crippen LogP contribution in [-0.2, 0) is 0 Å². The van der Waals surface area contributed by atoms with Crippen LogP contribution in [0.5, 0.6) is 0 Å². The number of aryl methyl sites for hydroxylation is 1. The summed E-state index contributed by atoms with van der Waals surface area (Å²) in [7, 11) is 0. The van der Waals surface area contributed by atoms with Crippen molar-refractivity contribution in [3.05, 3.63) is 45.9 Å². The van der Waals surface area contributed by atoms with E-state index in [0.717, 1.165) is 22.0 Å². The first-order valence-corrected chi connectivity index (χ1v) is 7.30. The summed E-state index contributed by atoms with van der Waals surface area (Å²) < 4.78 is 0. The molecule has 1 aromatic heterocycles. The highest BCUT2D eigenvalue weighted by atomic mass is 32.1. The molecule has 2 aromatic rings. The molecule has 19 heavy (non-hydrogen) atoms. The minimum absolute atomic E-state index is 0.173. The van der Waals surface area contributed by atoms with Crippen molar-refractivity contribution in [2.24, 2.45) is 0 Å². The number of thiazole rings is 1. The maximum Gasteiger partial charge on any atom is 0.162 e. The highest BCUT2D eigenvalue weighted by molar-refractivity contribution is 7.09. The topological polar surface area (TPSA) is 42.0 Å². The summed E-state index contributed by atoms with van der Waals surface area (Å²) in [5.74, 6) is 0.176. The predicted molar refractivity (Wildman–Crippen MR) is 80.0 cm³/mol. The van der Waals surface area contributed by atoms with E-state index in [4.69, 9.17) is 0 Å². The van der Waals surface area contributed by atoms with Crippen LogP contribution in [0.1, 0.15) is 47.4 Å². The Balaban J connectivity index is 2.05. The van der Waals surface area contributed by atoms with E-state index in [-0.39, 0.29) is 11.8 Å². The maximum absolute atomic E-state index is 11.5. The molecule has 0 amide bonds. The van der Waals surface area contributed by atoms with Crippen LogP contribution in [-0.4, -0.2) is 10.8 Å². The average Bonchev–Trinajstić information content (AvgIpc) is 2.85. The monoisotopic (exact) mass is 274 g/mol. The molecule has 0 bridgehead atoms. The predicted octanol–water partition coefficient (Wildman–Crippen LogP) is 4.22. The van der Waals surface area contributed by atoms with E-state index in [1.807, 2.05) is 38.1 Å². The van der Waals surface area contributed by atoms with E-state index in [1.165, 1.54) is 0 Å². The SMILES string of the molecule is CCC(=O)c1ccc(NC(C)c2nc(C)cs2)cc1. The fourth-order valence-electron chi connectivity index (χ4n) is 1.84. The van der Waals surface area contributed by atoms with Crippen LogP contribution < -0.4 is 5.32 Å². The largest absolute Gasteiger partial charge is 0.376 e. The van der Waals surface area contributed by atoms with Crippen LogP contribution in [0.25, 0.3) is 0 Å². The number of carbonyl (C=O) groups excluding carboxylic acids is 1. The van der Waals surface area contributed by atoms with Gasteiger partial charge < -0.3 is 5.32 Å². The lowest BCUT2D eigenvalue weighted by molar-refractivity contribution is 0.0988. The number of aromatic nitrogens is 1. The number of hydrogen-bond acceptors (Lipinski definition) is 4. The highest BCUT2D eigenvalue weighted by Crippen LogP contribution is 2.22. The first kappa shape index (κ1) is 13.7. The van der Waals surface area contributed by atoms with Crippen molar-refractivity contribution >= 4 is 22.8 Å². The van der Waals surface area contributed by atoms with Crippen molar-refractivity contribution < 1.29 is 4.79 Å². The Hall–Kier alpha value is -1.68. The zero-order valence-electron chi connectivity index (χ0n) is 11.4. The maximum atomic E-state index is 11.5. The van der Waals surface area contributed by atoms with Crippen LogP contribution in [0, 0.1) is 6.92 Å². The number of carbonyl (C=O) groups is 1. The smallest absolute Gasteiger partial charge is 0.162 e. The van der Waals surface area contributed by atoms with Gasteiger partial charge in [-0.15, -0.1) is 11.3 Å². The molecule has 0 fully saturated rings. The van der Waals surface area contributed by atoms with Gasteiger partial charge in [-0.1, -0.05) is 6.92 Å². The van der Waals surface area contributed by atoms with Gasteiger partial charge in [0, 0.05) is 28.7 Å². The first-order valence-electron chi connectivity index (χ1n) is 6.42. The third kappa shape index (κ3) is 3.41. The highest BCUT2D eigenvalue weighted by Gasteiger charge is 2.09. The fraction of sp³-hybridized carbons (Fsp3) is 0.333. The number of nitrogens with zero attached hydrogens (tertiary/aromatic N) is 1. The zero-order valence-corrected chi connectivity index (χ0v) is 12.3. The van der Waals surface area contributed by atoms with E-state index in [2.05, 4.69) is 22.6 Å². The Morgan fingerprint density at radius 2 is 2.05 bits per heavy atom. The van der Waals surface area contributed by atoms with Crippen LogP contribution >= 0.6 is 11.3 Å². The minimum Gasteiger partial charge on any atom is -0.376 e. The molecule has 3 nitrogen and oxygen atoms in total. The molecular weight excluding hydrogens is 256 g/mol. The van der Waals surface area contributed by atoms with Crippen molar-refractivity contribution in [3.8, 4) is 0 Å². The molecule has 100 valence electrons. The lowest BCUT2D eigenvalue weighted by atomic mass is 10.1. The summed E-state index contributed by atoms with van der Waals surface area (Å²) in [5.41, 5.74) is 2.83. The number of hydrogen-bond donors (Lipinski definition) is 1. The Kier molecular flexibility index (Phi) is 4.32. The second-order valence-electron chi connectivity index (χ2n) is 4.55. The molecule has 0 spiro atoms. The molecule has 2 rings (SSSR count). The van der Waals surface area contributed by atoms with Crippen molar-refractivity contribution in [2.75, 3.05) is 5.32 Å². The van der Waals surface area contributed by atoms with Crippen molar-refractivity contribution in [3.63, 3.8) is 0 Å². The van der Waals surface area contributed by atoms with E-state index < -0.39 is 0 Å². The summed E-state index contributed by atoms with van der Waals surface area (Å²) in [6, 6.07) is 7.80. The van der Waals surface area contributed by atoms with Crippen LogP contribution in [0.2, 0.25) is 0 Å². The number of ketones is 1. The summed E-state index contributed by atoms with van der Waals surface area (Å²) in [5, 5.41) is 6.52. The van der Waals surface area contributed by atoms with Crippen molar-refractivity contribution in [1.29, 1.82) is 0 Å². The number of benzene rings is 1. The van der Waals surface area contributed by atoms with E-state index in [1.54, 1.807) is 11.3 Å². The Morgan fingerprint density at radius 3 is 2.58 bits per heavy atom. The number of Topliss-reactive ketones (excluding diaryl/α,β-unsaturated/α-hetero) is 1. The van der Waals surface area contributed by atoms with E-state index >= 15 is 0 Å². The standard InChI is InChI=1S/C15H18N2OS/c1-4-14(18)12-5-7-13(8-6-12)17-11(3)15-16-10(2)9-19-15/h5-9,11,17H,4H2,1-3H3. The van der Waals surface area contributed by atoms with Gasteiger partial charge in [-0.3, -0.25) is 4.79 Å². The molecule has 0 aliphatic rings. The lowest BCUT2D eigenvalue weighted by Gasteiger charge is -2.13. The van der Waals surface area contributed by atoms with Crippen LogP contribution in [0.15, 0.2) is 29.6 Å². The fourth-order valence-corrected chi connectivity index (χ4v) is 2.64. The Labute approximate surface area is 117 Å². The average molecular weight is 274 g/mol. The normalized spacial score (nSPS) is 12.2. The summed E-state index contributed by atoms with van der Waals surface area (Å²) in [6.07, 6.45) is 0.543. The first-order chi connectivity index (χ1) is 9.10. The second-order valence-corrected chi connectivity index (χ2v) is 5.44. The third-order valence-electron chi connectivity index (χ3n) is 2.92. The molecule has 1 heterocycles. The molecule has 0 aliphatic carbocycles. The quantitative estimate of drug-likeness (QED) is 0.830. The van der Waals surface area contributed by atoms with Crippen LogP contribution in [0.3, 0.4) is 0 Å². The van der Waals surface area contributed by atoms with Crippen molar-refractivity contribution in [1.82, 2.24) is 4.98 Å². The molecule has 1 atom stereocenters. The summed E-state index contributed by atoms with van der Waals surface area (Å²) >= 11 is 1.66. The Bertz CT molecular complexity index is 560. The van der Waals surface area contributed by atoms with Crippen molar-refractivity contribution in [2.45, 2.75) is 33.2 Å². The Morgan fingerprint density at radius 1 is 1.37 bits per heavy atom. The molecule has 0 aliphatic heterocycles. The van der Waals surface area contributed by atoms with Gasteiger partial charge in [0.1, 0.15) is 5.01 Å². The molecule has 4 heteroatoms. The molecule has 1 N–H and O–H groups in total. The molecule has 1 aromatic carbocycles. The van der Waals surface area contributed by atoms with E-state index in [0.29, 0.717) is 6.42 Å². The van der Waals surface area contributed by atoms with Crippen LogP contribution in [0.4, 0.5) is 5.69 Å². The van der Waals surface area contributed by atoms with Gasteiger partial charge in [0.25, 0.3) is 0 Å². The number of anilines is 1. The zero-order chi connectivity index (χ0) is 13.8. The molecule has 0 radical (unpaired) electrons. The van der Waals surface area contributed by atoms with Gasteiger partial charge in [0.2, 0.25) is 0 Å². The van der Waals surface area contributed by atoms with E-state index in [9.17, 15) is 4.79 Å². The number of nitrogens with one attached hydrogen (secondary N) is 1. The molecular formula is C15H18N2OS. The van der Waals surface area contributed by atoms with Gasteiger partial charge in [0.05, 0.1) is 6.04 Å². The van der Waals surface area contributed by atoms with Gasteiger partial charge in [-0.2, -0.15) is 0 Å². The number of rotatable bonds is 5. The molecule has 0 saturated heterocycles. The van der Waals surface area contributed by atoms with Gasteiger partial charge in [-0.05, 0) is 38.1 Å².